The van der Waals surface area contributed by atoms with Crippen molar-refractivity contribution >= 4 is 11.5 Å². The molecule has 0 amide bonds. The Morgan fingerprint density at radius 2 is 1.75 bits per heavy atom. The summed E-state index contributed by atoms with van der Waals surface area (Å²) in [5, 5.41) is 14.7. The van der Waals surface area contributed by atoms with E-state index in [9.17, 15) is 0 Å². The van der Waals surface area contributed by atoms with E-state index in [1.54, 1.807) is 19.1 Å². The van der Waals surface area contributed by atoms with Crippen LogP contribution in [0.1, 0.15) is 20.8 Å². The van der Waals surface area contributed by atoms with E-state index in [1.807, 2.05) is 13.8 Å². The number of allylic oxidation sites excluding steroid dienone is 3. The largest absolute Gasteiger partial charge is 0.384 e. The van der Waals surface area contributed by atoms with E-state index in [-0.39, 0.29) is 5.84 Å². The Morgan fingerprint density at radius 3 is 2.00 bits per heavy atom. The molecule has 0 saturated heterocycles. The lowest BCUT2D eigenvalue weighted by atomic mass is 10.1. The third-order valence-electron chi connectivity index (χ3n) is 1.30. The maximum absolute atomic E-state index is 7.54. The number of nitrogens with one attached hydrogen (secondary N) is 2. The second-order valence-electron chi connectivity index (χ2n) is 2.75. The van der Waals surface area contributed by atoms with Gasteiger partial charge < -0.3 is 11.1 Å². The zero-order valence-corrected chi connectivity index (χ0v) is 7.73. The number of hydrogen-bond donors (Lipinski definition) is 3. The average Bonchev–Trinajstić information content (AvgIpc) is 1.85. The maximum Gasteiger partial charge on any atom is 0.124 e. The van der Waals surface area contributed by atoms with Crippen LogP contribution >= 0.6 is 0 Å². The molecule has 4 N–H and O–H groups in total. The molecule has 0 saturated carbocycles. The number of rotatable bonds is 3. The van der Waals surface area contributed by atoms with E-state index >= 15 is 0 Å². The highest BCUT2D eigenvalue weighted by atomic mass is 14.7. The molecule has 0 bridgehead atoms. The fourth-order valence-electron chi connectivity index (χ4n) is 0.823. The monoisotopic (exact) mass is 165 g/mol. The van der Waals surface area contributed by atoms with Gasteiger partial charge in [-0.15, -0.1) is 0 Å². The Balaban J connectivity index is 4.69. The standard InChI is InChI=1S/C9H15N3/c1-4-7(9(11)12)8(10)5-6(2)3/h4-5,10H,1-3H3,(H3,11,12)/b7-4+,10-8?. The topological polar surface area (TPSA) is 73.7 Å². The normalized spacial score (nSPS) is 10.8. The number of hydrogen-bond acceptors (Lipinski definition) is 2. The molecule has 0 aliphatic rings. The minimum atomic E-state index is -0.0556. The highest BCUT2D eigenvalue weighted by molar-refractivity contribution is 6.25. The Labute approximate surface area is 73.0 Å². The summed E-state index contributed by atoms with van der Waals surface area (Å²) < 4.78 is 0. The van der Waals surface area contributed by atoms with Gasteiger partial charge >= 0.3 is 0 Å². The van der Waals surface area contributed by atoms with Gasteiger partial charge in [-0.25, -0.2) is 0 Å². The third-order valence-corrected chi connectivity index (χ3v) is 1.30. The van der Waals surface area contributed by atoms with Crippen molar-refractivity contribution in [3.05, 3.63) is 23.3 Å². The molecular weight excluding hydrogens is 150 g/mol. The van der Waals surface area contributed by atoms with E-state index in [0.29, 0.717) is 11.3 Å². The molecule has 0 spiro atoms. The van der Waals surface area contributed by atoms with Crippen LogP contribution in [0.2, 0.25) is 0 Å². The van der Waals surface area contributed by atoms with Crippen molar-refractivity contribution in [2.45, 2.75) is 20.8 Å². The molecule has 0 aliphatic carbocycles. The van der Waals surface area contributed by atoms with Crippen molar-refractivity contribution in [2.24, 2.45) is 5.73 Å². The van der Waals surface area contributed by atoms with Crippen LogP contribution in [0.5, 0.6) is 0 Å². The van der Waals surface area contributed by atoms with Gasteiger partial charge in [-0.05, 0) is 26.8 Å². The van der Waals surface area contributed by atoms with Gasteiger partial charge in [0.25, 0.3) is 0 Å². The van der Waals surface area contributed by atoms with Crippen molar-refractivity contribution in [1.82, 2.24) is 0 Å². The second-order valence-corrected chi connectivity index (χ2v) is 2.75. The molecule has 3 heteroatoms. The van der Waals surface area contributed by atoms with E-state index in [0.717, 1.165) is 5.57 Å². The van der Waals surface area contributed by atoms with Gasteiger partial charge in [0.2, 0.25) is 0 Å². The van der Waals surface area contributed by atoms with Crippen molar-refractivity contribution in [3.8, 4) is 0 Å². The molecule has 12 heavy (non-hydrogen) atoms. The molecule has 0 aromatic heterocycles. The predicted molar refractivity (Wildman–Crippen MR) is 52.8 cm³/mol. The number of nitrogens with two attached hydrogens (primary N) is 1. The molecule has 0 radical (unpaired) electrons. The molecule has 0 unspecified atom stereocenters. The molecule has 0 rings (SSSR count). The summed E-state index contributed by atoms with van der Waals surface area (Å²) in [5.74, 6) is -0.0556. The van der Waals surface area contributed by atoms with Gasteiger partial charge in [0.05, 0.1) is 5.71 Å². The highest BCUT2D eigenvalue weighted by Crippen LogP contribution is 2.00. The maximum atomic E-state index is 7.54. The minimum absolute atomic E-state index is 0.0556. The van der Waals surface area contributed by atoms with Crippen LogP contribution in [-0.2, 0) is 0 Å². The number of amidine groups is 1. The lowest BCUT2D eigenvalue weighted by Gasteiger charge is -2.02. The minimum Gasteiger partial charge on any atom is -0.384 e. The Hall–Kier alpha value is -1.38. The van der Waals surface area contributed by atoms with E-state index in [2.05, 4.69) is 0 Å². The molecule has 0 aromatic carbocycles. The van der Waals surface area contributed by atoms with Crippen molar-refractivity contribution in [2.75, 3.05) is 0 Å². The molecule has 0 atom stereocenters. The van der Waals surface area contributed by atoms with Crippen molar-refractivity contribution < 1.29 is 0 Å². The molecule has 0 fully saturated rings. The van der Waals surface area contributed by atoms with E-state index < -0.39 is 0 Å². The Kier molecular flexibility index (Phi) is 3.97. The zero-order valence-electron chi connectivity index (χ0n) is 7.73. The van der Waals surface area contributed by atoms with Crippen LogP contribution in [0.15, 0.2) is 23.3 Å². The summed E-state index contributed by atoms with van der Waals surface area (Å²) in [6.07, 6.45) is 3.36. The molecule has 3 nitrogen and oxygen atoms in total. The summed E-state index contributed by atoms with van der Waals surface area (Å²) in [6, 6.07) is 0. The molecule has 0 heterocycles. The van der Waals surface area contributed by atoms with Gasteiger partial charge in [0.1, 0.15) is 5.84 Å². The predicted octanol–water partition coefficient (Wildman–Crippen LogP) is 1.85. The lowest BCUT2D eigenvalue weighted by Crippen LogP contribution is -2.18. The lowest BCUT2D eigenvalue weighted by molar-refractivity contribution is 1.37. The van der Waals surface area contributed by atoms with Crippen molar-refractivity contribution in [3.63, 3.8) is 0 Å². The van der Waals surface area contributed by atoms with E-state index in [4.69, 9.17) is 16.6 Å². The third kappa shape index (κ3) is 3.14. The van der Waals surface area contributed by atoms with E-state index in [1.165, 1.54) is 0 Å². The zero-order chi connectivity index (χ0) is 9.72. The van der Waals surface area contributed by atoms with Crippen LogP contribution in [0.25, 0.3) is 0 Å². The Morgan fingerprint density at radius 1 is 1.25 bits per heavy atom. The van der Waals surface area contributed by atoms with Crippen LogP contribution in [0, 0.1) is 10.8 Å². The summed E-state index contributed by atoms with van der Waals surface area (Å²) in [7, 11) is 0. The van der Waals surface area contributed by atoms with Gasteiger partial charge in [-0.3, -0.25) is 5.41 Å². The summed E-state index contributed by atoms with van der Waals surface area (Å²) in [4.78, 5) is 0. The molecule has 0 aromatic rings. The summed E-state index contributed by atoms with van der Waals surface area (Å²) in [6.45, 7) is 5.58. The molecule has 66 valence electrons. The SMILES string of the molecule is C/C=C(/C(=N)N)C(=N)C=C(C)C. The first-order valence-electron chi connectivity index (χ1n) is 3.73. The first-order valence-corrected chi connectivity index (χ1v) is 3.73. The fourth-order valence-corrected chi connectivity index (χ4v) is 0.823. The van der Waals surface area contributed by atoms with Crippen LogP contribution in [0.3, 0.4) is 0 Å². The average molecular weight is 165 g/mol. The smallest absolute Gasteiger partial charge is 0.124 e. The first-order chi connectivity index (χ1) is 5.49. The second kappa shape index (κ2) is 4.49. The Bertz CT molecular complexity index is 255. The summed E-state index contributed by atoms with van der Waals surface area (Å²) in [5.41, 5.74) is 7.08. The molecular formula is C9H15N3. The quantitative estimate of drug-likeness (QED) is 0.433. The summed E-state index contributed by atoms with van der Waals surface area (Å²) >= 11 is 0. The van der Waals surface area contributed by atoms with Crippen molar-refractivity contribution in [1.29, 1.82) is 10.8 Å². The molecule has 0 aliphatic heterocycles. The van der Waals surface area contributed by atoms with Gasteiger partial charge in [0.15, 0.2) is 0 Å². The van der Waals surface area contributed by atoms with Crippen LogP contribution < -0.4 is 5.73 Å². The van der Waals surface area contributed by atoms with Gasteiger partial charge in [0, 0.05) is 5.57 Å². The fraction of sp³-hybridized carbons (Fsp3) is 0.333. The van der Waals surface area contributed by atoms with Crippen LogP contribution in [0.4, 0.5) is 0 Å². The first kappa shape index (κ1) is 10.6. The van der Waals surface area contributed by atoms with Gasteiger partial charge in [-0.2, -0.15) is 0 Å². The van der Waals surface area contributed by atoms with Gasteiger partial charge in [-0.1, -0.05) is 11.6 Å². The van der Waals surface area contributed by atoms with Crippen LogP contribution in [-0.4, -0.2) is 11.5 Å². The highest BCUT2D eigenvalue weighted by Gasteiger charge is 2.03.